The summed E-state index contributed by atoms with van der Waals surface area (Å²) >= 11 is 0. The Morgan fingerprint density at radius 1 is 1.00 bits per heavy atom. The highest BCUT2D eigenvalue weighted by atomic mass is 16.5. The van der Waals surface area contributed by atoms with Crippen LogP contribution < -0.4 is 14.8 Å². The van der Waals surface area contributed by atoms with E-state index in [1.54, 1.807) is 13.3 Å². The third kappa shape index (κ3) is 4.23. The van der Waals surface area contributed by atoms with Crippen molar-refractivity contribution >= 4 is 5.82 Å². The summed E-state index contributed by atoms with van der Waals surface area (Å²) in [6.45, 7) is 2.63. The molecule has 0 atom stereocenters. The number of benzene rings is 1. The zero-order valence-electron chi connectivity index (χ0n) is 13.7. The van der Waals surface area contributed by atoms with E-state index in [-0.39, 0.29) is 0 Å². The zero-order chi connectivity index (χ0) is 16.8. The van der Waals surface area contributed by atoms with Crippen molar-refractivity contribution in [3.8, 4) is 17.4 Å². The first-order chi connectivity index (χ1) is 11.7. The largest absolute Gasteiger partial charge is 0.497 e. The first kappa shape index (κ1) is 15.8. The second-order valence-electron chi connectivity index (χ2n) is 5.30. The average molecular weight is 321 g/mol. The van der Waals surface area contributed by atoms with E-state index < -0.39 is 0 Å². The van der Waals surface area contributed by atoms with E-state index in [0.29, 0.717) is 18.2 Å². The SMILES string of the molecule is COc1cccc(Oc2ccc(CNc3cccc(C)n3)cn2)c1. The molecule has 122 valence electrons. The second-order valence-corrected chi connectivity index (χ2v) is 5.30. The molecule has 0 bridgehead atoms. The van der Waals surface area contributed by atoms with Gasteiger partial charge in [-0.3, -0.25) is 0 Å². The van der Waals surface area contributed by atoms with Crippen LogP contribution in [0.25, 0.3) is 0 Å². The highest BCUT2D eigenvalue weighted by Gasteiger charge is 2.02. The molecule has 0 unspecified atom stereocenters. The lowest BCUT2D eigenvalue weighted by atomic mass is 10.3. The number of aryl methyl sites for hydroxylation is 1. The van der Waals surface area contributed by atoms with Crippen LogP contribution in [0.4, 0.5) is 5.82 Å². The number of nitrogens with zero attached hydrogens (tertiary/aromatic N) is 2. The van der Waals surface area contributed by atoms with Crippen LogP contribution in [0.5, 0.6) is 17.4 Å². The molecule has 1 aromatic carbocycles. The first-order valence-corrected chi connectivity index (χ1v) is 7.67. The maximum Gasteiger partial charge on any atom is 0.219 e. The van der Waals surface area contributed by atoms with E-state index in [0.717, 1.165) is 22.8 Å². The van der Waals surface area contributed by atoms with Crippen molar-refractivity contribution < 1.29 is 9.47 Å². The second kappa shape index (κ2) is 7.46. The van der Waals surface area contributed by atoms with E-state index >= 15 is 0 Å². The van der Waals surface area contributed by atoms with Gasteiger partial charge in [-0.2, -0.15) is 0 Å². The fraction of sp³-hybridized carbons (Fsp3) is 0.158. The molecular formula is C19H19N3O2. The summed E-state index contributed by atoms with van der Waals surface area (Å²) in [4.78, 5) is 8.75. The van der Waals surface area contributed by atoms with Gasteiger partial charge in [0, 0.05) is 30.6 Å². The minimum atomic E-state index is 0.542. The lowest BCUT2D eigenvalue weighted by Crippen LogP contribution is -2.02. The molecule has 0 aliphatic heterocycles. The van der Waals surface area contributed by atoms with Crippen molar-refractivity contribution in [1.82, 2.24) is 9.97 Å². The fourth-order valence-electron chi connectivity index (χ4n) is 2.20. The molecule has 0 fully saturated rings. The Balaban J connectivity index is 1.60. The Bertz CT molecular complexity index is 804. The number of ether oxygens (including phenoxy) is 2. The monoisotopic (exact) mass is 321 g/mol. The summed E-state index contributed by atoms with van der Waals surface area (Å²) in [5, 5.41) is 3.28. The standard InChI is InChI=1S/C19H19N3O2/c1-14-5-3-8-18(22-14)20-12-15-9-10-19(21-13-15)24-17-7-4-6-16(11-17)23-2/h3-11,13H,12H2,1-2H3,(H,20,22). The summed E-state index contributed by atoms with van der Waals surface area (Å²) in [6.07, 6.45) is 1.79. The van der Waals surface area contributed by atoms with Crippen molar-refractivity contribution in [2.24, 2.45) is 0 Å². The number of rotatable bonds is 6. The zero-order valence-corrected chi connectivity index (χ0v) is 13.7. The molecule has 0 radical (unpaired) electrons. The molecule has 0 amide bonds. The Morgan fingerprint density at radius 3 is 2.58 bits per heavy atom. The van der Waals surface area contributed by atoms with Gasteiger partial charge >= 0.3 is 0 Å². The number of methoxy groups -OCH3 is 1. The summed E-state index contributed by atoms with van der Waals surface area (Å²) < 4.78 is 10.9. The van der Waals surface area contributed by atoms with Gasteiger partial charge in [0.25, 0.3) is 0 Å². The van der Waals surface area contributed by atoms with Crippen molar-refractivity contribution in [2.75, 3.05) is 12.4 Å². The van der Waals surface area contributed by atoms with Crippen molar-refractivity contribution in [3.63, 3.8) is 0 Å². The Labute approximate surface area is 141 Å². The summed E-state index contributed by atoms with van der Waals surface area (Å²) in [7, 11) is 1.63. The number of hydrogen-bond acceptors (Lipinski definition) is 5. The summed E-state index contributed by atoms with van der Waals surface area (Å²) in [6, 6.07) is 17.1. The first-order valence-electron chi connectivity index (χ1n) is 7.67. The van der Waals surface area contributed by atoms with Crippen LogP contribution in [0.15, 0.2) is 60.8 Å². The highest BCUT2D eigenvalue weighted by Crippen LogP contribution is 2.23. The Hall–Kier alpha value is -3.08. The minimum absolute atomic E-state index is 0.542. The predicted molar refractivity (Wildman–Crippen MR) is 93.6 cm³/mol. The molecule has 0 saturated heterocycles. The molecule has 5 nitrogen and oxygen atoms in total. The quantitative estimate of drug-likeness (QED) is 0.737. The van der Waals surface area contributed by atoms with E-state index in [4.69, 9.17) is 9.47 Å². The number of aromatic nitrogens is 2. The topological polar surface area (TPSA) is 56.3 Å². The van der Waals surface area contributed by atoms with Gasteiger partial charge in [-0.05, 0) is 36.8 Å². The van der Waals surface area contributed by atoms with Gasteiger partial charge in [0.15, 0.2) is 0 Å². The predicted octanol–water partition coefficient (Wildman–Crippen LogP) is 4.20. The van der Waals surface area contributed by atoms with Gasteiger partial charge in [0.1, 0.15) is 17.3 Å². The lowest BCUT2D eigenvalue weighted by molar-refractivity contribution is 0.407. The summed E-state index contributed by atoms with van der Waals surface area (Å²) in [5.41, 5.74) is 2.04. The Kier molecular flexibility index (Phi) is 4.91. The molecule has 0 aliphatic rings. The van der Waals surface area contributed by atoms with Gasteiger partial charge in [-0.1, -0.05) is 18.2 Å². The normalized spacial score (nSPS) is 10.2. The maximum absolute atomic E-state index is 5.73. The number of nitrogens with one attached hydrogen (secondary N) is 1. The molecule has 24 heavy (non-hydrogen) atoms. The van der Waals surface area contributed by atoms with Crippen molar-refractivity contribution in [3.05, 3.63) is 72.1 Å². The molecule has 3 rings (SSSR count). The van der Waals surface area contributed by atoms with E-state index in [2.05, 4.69) is 15.3 Å². The molecule has 0 spiro atoms. The van der Waals surface area contributed by atoms with Crippen LogP contribution in [0.2, 0.25) is 0 Å². The molecule has 2 heterocycles. The number of anilines is 1. The van der Waals surface area contributed by atoms with Gasteiger partial charge in [-0.15, -0.1) is 0 Å². The van der Waals surface area contributed by atoms with Crippen LogP contribution in [-0.2, 0) is 6.54 Å². The molecule has 3 aromatic rings. The van der Waals surface area contributed by atoms with E-state index in [1.807, 2.05) is 61.5 Å². The van der Waals surface area contributed by atoms with Gasteiger partial charge < -0.3 is 14.8 Å². The third-order valence-electron chi connectivity index (χ3n) is 3.42. The molecule has 2 aromatic heterocycles. The smallest absolute Gasteiger partial charge is 0.219 e. The molecule has 5 heteroatoms. The highest BCUT2D eigenvalue weighted by molar-refractivity contribution is 5.37. The molecule has 0 saturated carbocycles. The van der Waals surface area contributed by atoms with Gasteiger partial charge in [0.05, 0.1) is 7.11 Å². The van der Waals surface area contributed by atoms with Crippen molar-refractivity contribution in [2.45, 2.75) is 13.5 Å². The average Bonchev–Trinajstić information content (AvgIpc) is 2.61. The maximum atomic E-state index is 5.73. The van der Waals surface area contributed by atoms with E-state index in [1.165, 1.54) is 0 Å². The fourth-order valence-corrected chi connectivity index (χ4v) is 2.20. The third-order valence-corrected chi connectivity index (χ3v) is 3.42. The van der Waals surface area contributed by atoms with Crippen molar-refractivity contribution in [1.29, 1.82) is 0 Å². The van der Waals surface area contributed by atoms with Crippen LogP contribution in [-0.4, -0.2) is 17.1 Å². The van der Waals surface area contributed by atoms with Gasteiger partial charge in [-0.25, -0.2) is 9.97 Å². The number of hydrogen-bond donors (Lipinski definition) is 1. The molecular weight excluding hydrogens is 302 g/mol. The van der Waals surface area contributed by atoms with Crippen LogP contribution in [0, 0.1) is 6.92 Å². The lowest BCUT2D eigenvalue weighted by Gasteiger charge is -2.08. The number of pyridine rings is 2. The van der Waals surface area contributed by atoms with Crippen LogP contribution >= 0.6 is 0 Å². The van der Waals surface area contributed by atoms with Crippen LogP contribution in [0.1, 0.15) is 11.3 Å². The molecule has 0 aliphatic carbocycles. The minimum Gasteiger partial charge on any atom is -0.497 e. The Morgan fingerprint density at radius 2 is 1.83 bits per heavy atom. The summed E-state index contributed by atoms with van der Waals surface area (Å²) in [5.74, 6) is 2.84. The van der Waals surface area contributed by atoms with Gasteiger partial charge in [0.2, 0.25) is 5.88 Å². The molecule has 1 N–H and O–H groups in total. The van der Waals surface area contributed by atoms with E-state index in [9.17, 15) is 0 Å². The van der Waals surface area contributed by atoms with Crippen LogP contribution in [0.3, 0.4) is 0 Å².